The zero-order chi connectivity index (χ0) is 8.27. The quantitative estimate of drug-likeness (QED) is 0.610. The van der Waals surface area contributed by atoms with Gasteiger partial charge in [0.2, 0.25) is 0 Å². The van der Waals surface area contributed by atoms with Gasteiger partial charge < -0.3 is 11.1 Å². The third kappa shape index (κ3) is 1.38. The molecule has 0 unspecified atom stereocenters. The van der Waals surface area contributed by atoms with E-state index in [9.17, 15) is 0 Å². The smallest absolute Gasteiger partial charge is 0.165 e. The molecule has 1 aromatic heterocycles. The molecular formula is C7H8N4. The van der Waals surface area contributed by atoms with E-state index in [1.807, 2.05) is 6.07 Å². The van der Waals surface area contributed by atoms with Gasteiger partial charge in [-0.1, -0.05) is 0 Å². The Kier molecular flexibility index (Phi) is 1.93. The van der Waals surface area contributed by atoms with Crippen LogP contribution >= 0.6 is 0 Å². The summed E-state index contributed by atoms with van der Waals surface area (Å²) < 4.78 is 0. The number of pyridine rings is 1. The van der Waals surface area contributed by atoms with Crippen LogP contribution in [-0.2, 0) is 0 Å². The summed E-state index contributed by atoms with van der Waals surface area (Å²) in [5, 5.41) is 11.3. The lowest BCUT2D eigenvalue weighted by Crippen LogP contribution is -1.98. The molecule has 0 aromatic carbocycles. The van der Waals surface area contributed by atoms with Crippen LogP contribution < -0.4 is 11.1 Å². The van der Waals surface area contributed by atoms with Crippen LogP contribution in [0, 0.1) is 11.3 Å². The van der Waals surface area contributed by atoms with E-state index in [4.69, 9.17) is 11.0 Å². The van der Waals surface area contributed by atoms with Gasteiger partial charge in [-0.15, -0.1) is 0 Å². The van der Waals surface area contributed by atoms with Gasteiger partial charge in [0, 0.05) is 7.05 Å². The van der Waals surface area contributed by atoms with Gasteiger partial charge in [-0.05, 0) is 12.1 Å². The molecule has 0 radical (unpaired) electrons. The predicted molar refractivity (Wildman–Crippen MR) is 42.9 cm³/mol. The van der Waals surface area contributed by atoms with Crippen molar-refractivity contribution >= 4 is 11.5 Å². The molecule has 56 valence electrons. The predicted octanol–water partition coefficient (Wildman–Crippen LogP) is 0.577. The molecular weight excluding hydrogens is 140 g/mol. The number of hydrogen-bond acceptors (Lipinski definition) is 4. The van der Waals surface area contributed by atoms with E-state index in [1.54, 1.807) is 19.2 Å². The molecule has 0 aliphatic carbocycles. The average Bonchev–Trinajstić information content (AvgIpc) is 2.05. The fourth-order valence-corrected chi connectivity index (χ4v) is 0.699. The lowest BCUT2D eigenvalue weighted by molar-refractivity contribution is 1.24. The van der Waals surface area contributed by atoms with Crippen molar-refractivity contribution < 1.29 is 0 Å². The maximum atomic E-state index is 8.52. The van der Waals surface area contributed by atoms with Crippen molar-refractivity contribution in [2.45, 2.75) is 0 Å². The van der Waals surface area contributed by atoms with Crippen LogP contribution in [0.4, 0.5) is 11.5 Å². The maximum Gasteiger partial charge on any atom is 0.165 e. The van der Waals surface area contributed by atoms with Crippen molar-refractivity contribution in [2.24, 2.45) is 0 Å². The minimum absolute atomic E-state index is 0.261. The Balaban J connectivity index is 3.15. The van der Waals surface area contributed by atoms with Gasteiger partial charge in [-0.3, -0.25) is 0 Å². The number of nitriles is 1. The standard InChI is InChI=1S/C7H8N4/c1-10-7-3-2-5(9)6(4-8)11-7/h2-3H,9H2,1H3,(H,10,11). The van der Waals surface area contributed by atoms with Crippen LogP contribution in [0.1, 0.15) is 5.69 Å². The Hall–Kier alpha value is -1.76. The second kappa shape index (κ2) is 2.88. The Morgan fingerprint density at radius 1 is 1.64 bits per heavy atom. The number of rotatable bonds is 1. The van der Waals surface area contributed by atoms with Crippen LogP contribution in [0.25, 0.3) is 0 Å². The van der Waals surface area contributed by atoms with E-state index in [-0.39, 0.29) is 5.69 Å². The average molecular weight is 148 g/mol. The molecule has 11 heavy (non-hydrogen) atoms. The molecule has 1 rings (SSSR count). The molecule has 1 aromatic rings. The number of nitrogens with two attached hydrogens (primary N) is 1. The van der Waals surface area contributed by atoms with Gasteiger partial charge >= 0.3 is 0 Å². The molecule has 0 bridgehead atoms. The van der Waals surface area contributed by atoms with Crippen molar-refractivity contribution in [2.75, 3.05) is 18.1 Å². The highest BCUT2D eigenvalue weighted by molar-refractivity contribution is 5.54. The first kappa shape index (κ1) is 7.35. The molecule has 4 heteroatoms. The highest BCUT2D eigenvalue weighted by Gasteiger charge is 1.98. The highest BCUT2D eigenvalue weighted by Crippen LogP contribution is 2.10. The van der Waals surface area contributed by atoms with Crippen LogP contribution in [0.15, 0.2) is 12.1 Å². The first-order valence-electron chi connectivity index (χ1n) is 3.12. The topological polar surface area (TPSA) is 74.7 Å². The summed E-state index contributed by atoms with van der Waals surface area (Å²) in [6, 6.07) is 5.26. The Labute approximate surface area is 64.7 Å². The van der Waals surface area contributed by atoms with Gasteiger partial charge in [-0.25, -0.2) is 4.98 Å². The monoisotopic (exact) mass is 148 g/mol. The van der Waals surface area contributed by atoms with Gasteiger partial charge in [0.25, 0.3) is 0 Å². The van der Waals surface area contributed by atoms with Gasteiger partial charge in [0.05, 0.1) is 5.69 Å². The van der Waals surface area contributed by atoms with Crippen molar-refractivity contribution in [3.8, 4) is 6.07 Å². The molecule has 0 aliphatic rings. The van der Waals surface area contributed by atoms with Crippen molar-refractivity contribution in [1.29, 1.82) is 5.26 Å². The number of anilines is 2. The van der Waals surface area contributed by atoms with Crippen molar-refractivity contribution in [3.63, 3.8) is 0 Å². The molecule has 0 saturated heterocycles. The number of nitrogens with zero attached hydrogens (tertiary/aromatic N) is 2. The molecule has 0 spiro atoms. The fourth-order valence-electron chi connectivity index (χ4n) is 0.699. The van der Waals surface area contributed by atoms with Crippen LogP contribution in [-0.4, -0.2) is 12.0 Å². The van der Waals surface area contributed by atoms with Crippen LogP contribution in [0.2, 0.25) is 0 Å². The molecule has 3 N–H and O–H groups in total. The molecule has 0 amide bonds. The summed E-state index contributed by atoms with van der Waals surface area (Å²) in [5.74, 6) is 0.649. The first-order valence-corrected chi connectivity index (χ1v) is 3.12. The molecule has 0 aliphatic heterocycles. The zero-order valence-corrected chi connectivity index (χ0v) is 6.13. The minimum atomic E-state index is 0.261. The van der Waals surface area contributed by atoms with Crippen LogP contribution in [0.5, 0.6) is 0 Å². The summed E-state index contributed by atoms with van der Waals surface area (Å²) in [7, 11) is 1.74. The van der Waals surface area contributed by atoms with Gasteiger partial charge in [-0.2, -0.15) is 5.26 Å². The van der Waals surface area contributed by atoms with E-state index >= 15 is 0 Å². The number of nitrogens with one attached hydrogen (secondary N) is 1. The Morgan fingerprint density at radius 2 is 2.36 bits per heavy atom. The molecule has 4 nitrogen and oxygen atoms in total. The van der Waals surface area contributed by atoms with E-state index in [1.165, 1.54) is 0 Å². The lowest BCUT2D eigenvalue weighted by atomic mass is 10.3. The van der Waals surface area contributed by atoms with Gasteiger partial charge in [0.15, 0.2) is 5.69 Å². The minimum Gasteiger partial charge on any atom is -0.396 e. The van der Waals surface area contributed by atoms with E-state index in [2.05, 4.69) is 10.3 Å². The second-order valence-electron chi connectivity index (χ2n) is 2.00. The maximum absolute atomic E-state index is 8.52. The Morgan fingerprint density at radius 3 is 2.91 bits per heavy atom. The Bertz CT molecular complexity index is 300. The first-order chi connectivity index (χ1) is 5.27. The van der Waals surface area contributed by atoms with Gasteiger partial charge in [0.1, 0.15) is 11.9 Å². The van der Waals surface area contributed by atoms with Crippen LogP contribution in [0.3, 0.4) is 0 Å². The van der Waals surface area contributed by atoms with E-state index in [0.29, 0.717) is 11.5 Å². The number of nitrogen functional groups attached to an aromatic ring is 1. The van der Waals surface area contributed by atoms with Crippen molar-refractivity contribution in [1.82, 2.24) is 4.98 Å². The molecule has 0 saturated carbocycles. The third-order valence-corrected chi connectivity index (χ3v) is 1.29. The summed E-state index contributed by atoms with van der Waals surface area (Å²) in [4.78, 5) is 3.91. The molecule has 1 heterocycles. The van der Waals surface area contributed by atoms with E-state index in [0.717, 1.165) is 0 Å². The van der Waals surface area contributed by atoms with E-state index < -0.39 is 0 Å². The third-order valence-electron chi connectivity index (χ3n) is 1.29. The second-order valence-corrected chi connectivity index (χ2v) is 2.00. The summed E-state index contributed by atoms with van der Waals surface area (Å²) >= 11 is 0. The van der Waals surface area contributed by atoms with Crippen molar-refractivity contribution in [3.05, 3.63) is 17.8 Å². The molecule has 0 fully saturated rings. The normalized spacial score (nSPS) is 8.73. The largest absolute Gasteiger partial charge is 0.396 e. The summed E-state index contributed by atoms with van der Waals surface area (Å²) in [5.41, 5.74) is 6.11. The highest BCUT2D eigenvalue weighted by atomic mass is 15.0. The number of hydrogen-bond donors (Lipinski definition) is 2. The number of aromatic nitrogens is 1. The lowest BCUT2D eigenvalue weighted by Gasteiger charge is -1.99. The summed E-state index contributed by atoms with van der Waals surface area (Å²) in [6.07, 6.45) is 0. The summed E-state index contributed by atoms with van der Waals surface area (Å²) in [6.45, 7) is 0. The molecule has 0 atom stereocenters. The zero-order valence-electron chi connectivity index (χ0n) is 6.13. The SMILES string of the molecule is CNc1ccc(N)c(C#N)n1. The fraction of sp³-hybridized carbons (Fsp3) is 0.143.